The average molecular weight is 662 g/mol. The summed E-state index contributed by atoms with van der Waals surface area (Å²) in [6.45, 7) is 3.15. The van der Waals surface area contributed by atoms with Crippen LogP contribution in [0.2, 0.25) is 0 Å². The Morgan fingerprint density at radius 2 is 1.46 bits per heavy atom. The lowest BCUT2D eigenvalue weighted by Gasteiger charge is -2.25. The number of carbonyl (C=O) groups is 5. The van der Waals surface area contributed by atoms with E-state index in [-0.39, 0.29) is 37.5 Å². The van der Waals surface area contributed by atoms with E-state index in [1.807, 2.05) is 48.5 Å². The smallest absolute Gasteiger partial charge is 0.328 e. The van der Waals surface area contributed by atoms with Crippen LogP contribution in [-0.4, -0.2) is 60.5 Å². The van der Waals surface area contributed by atoms with E-state index in [0.717, 1.165) is 56.9 Å². The van der Waals surface area contributed by atoms with Gasteiger partial charge in [-0.05, 0) is 99.6 Å². The van der Waals surface area contributed by atoms with Crippen LogP contribution >= 0.6 is 0 Å². The second kappa shape index (κ2) is 18.6. The maximum absolute atomic E-state index is 13.4. The molecule has 2 aliphatic carbocycles. The van der Waals surface area contributed by atoms with E-state index < -0.39 is 41.7 Å². The van der Waals surface area contributed by atoms with Gasteiger partial charge in [0, 0.05) is 12.5 Å². The lowest BCUT2D eigenvalue weighted by atomic mass is 10.0. The molecule has 3 N–H and O–H groups in total. The maximum atomic E-state index is 13.4. The number of hydrogen-bond donors (Lipinski definition) is 3. The Kier molecular flexibility index (Phi) is 14.0. The molecule has 0 aliphatic heterocycles. The normalized spacial score (nSPS) is 16.3. The minimum absolute atomic E-state index is 0.0191. The van der Waals surface area contributed by atoms with Crippen LogP contribution < -0.4 is 20.7 Å². The molecule has 4 rings (SSSR count). The number of ether oxygens (including phenoxy) is 3. The van der Waals surface area contributed by atoms with E-state index in [9.17, 15) is 24.0 Å². The van der Waals surface area contributed by atoms with Gasteiger partial charge in [0.15, 0.2) is 0 Å². The zero-order chi connectivity index (χ0) is 34.3. The number of para-hydroxylation sites is 1. The molecule has 0 aromatic heterocycles. The Morgan fingerprint density at radius 3 is 2.12 bits per heavy atom. The lowest BCUT2D eigenvalue weighted by molar-refractivity contribution is -0.154. The van der Waals surface area contributed by atoms with Crippen LogP contribution in [0.1, 0.15) is 83.6 Å². The monoisotopic (exact) mass is 661 g/mol. The van der Waals surface area contributed by atoms with Crippen molar-refractivity contribution in [1.29, 1.82) is 0 Å². The SMILES string of the molecule is CC(C)[C@H](NC(=O)CNC(=O)/C=C/c1cccc(Oc2ccccc2)c1)C(=O)N[C@H](CCC(=O)OC1CCCC1)C(=O)OC1CCCC1. The summed E-state index contributed by atoms with van der Waals surface area (Å²) in [6, 6.07) is 14.5. The summed E-state index contributed by atoms with van der Waals surface area (Å²) in [5.41, 5.74) is 0.729. The van der Waals surface area contributed by atoms with Crippen LogP contribution in [0.25, 0.3) is 6.08 Å². The second-order valence-electron chi connectivity index (χ2n) is 12.7. The molecule has 11 heteroatoms. The molecule has 2 aliphatic rings. The molecule has 3 amide bonds. The highest BCUT2D eigenvalue weighted by Crippen LogP contribution is 2.24. The van der Waals surface area contributed by atoms with Crippen molar-refractivity contribution in [1.82, 2.24) is 16.0 Å². The highest BCUT2D eigenvalue weighted by Gasteiger charge is 2.32. The average Bonchev–Trinajstić information content (AvgIpc) is 3.79. The van der Waals surface area contributed by atoms with E-state index in [2.05, 4.69) is 16.0 Å². The number of rotatable bonds is 16. The third-order valence-electron chi connectivity index (χ3n) is 8.38. The van der Waals surface area contributed by atoms with E-state index in [1.165, 1.54) is 6.08 Å². The Bertz CT molecular complexity index is 1410. The topological polar surface area (TPSA) is 149 Å². The van der Waals surface area contributed by atoms with Crippen LogP contribution in [0.15, 0.2) is 60.7 Å². The molecular formula is C37H47N3O8. The molecule has 2 saturated carbocycles. The van der Waals surface area contributed by atoms with Crippen molar-refractivity contribution >= 4 is 35.7 Å². The van der Waals surface area contributed by atoms with Gasteiger partial charge in [-0.3, -0.25) is 19.2 Å². The molecule has 0 saturated heterocycles. The predicted molar refractivity (Wildman–Crippen MR) is 180 cm³/mol. The standard InChI is InChI=1S/C37H47N3O8/c1-25(2)35(36(44)39-31(37(45)48-29-16-8-9-17-29)20-22-34(43)47-28-14-6-7-15-28)40-33(42)24-38-32(41)21-19-26-11-10-18-30(23-26)46-27-12-4-3-5-13-27/h3-5,10-13,18-19,21,23,25,28-29,31,35H,6-9,14-17,20,22,24H2,1-2H3,(H,38,41)(H,39,44)(H,40,42)/b21-19+/t31-,35+/m1/s1. The van der Waals surface area contributed by atoms with E-state index in [1.54, 1.807) is 26.0 Å². The minimum atomic E-state index is -1.08. The molecule has 2 aromatic rings. The Balaban J connectivity index is 1.28. The summed E-state index contributed by atoms with van der Waals surface area (Å²) >= 11 is 0. The molecule has 11 nitrogen and oxygen atoms in total. The molecule has 0 heterocycles. The van der Waals surface area contributed by atoms with Crippen LogP contribution in [0.4, 0.5) is 0 Å². The van der Waals surface area contributed by atoms with Crippen LogP contribution in [-0.2, 0) is 33.4 Å². The van der Waals surface area contributed by atoms with Crippen LogP contribution in [0, 0.1) is 5.92 Å². The van der Waals surface area contributed by atoms with Crippen molar-refractivity contribution in [3.63, 3.8) is 0 Å². The van der Waals surface area contributed by atoms with Gasteiger partial charge in [-0.2, -0.15) is 0 Å². The van der Waals surface area contributed by atoms with E-state index in [4.69, 9.17) is 14.2 Å². The summed E-state index contributed by atoms with van der Waals surface area (Å²) < 4.78 is 17.0. The molecule has 0 unspecified atom stereocenters. The first-order chi connectivity index (χ1) is 23.2. The molecule has 2 aromatic carbocycles. The van der Waals surface area contributed by atoms with Crippen molar-refractivity contribution in [2.24, 2.45) is 5.92 Å². The summed E-state index contributed by atoms with van der Waals surface area (Å²) in [7, 11) is 0. The van der Waals surface area contributed by atoms with Crippen molar-refractivity contribution < 1.29 is 38.2 Å². The Hall–Kier alpha value is -4.67. The van der Waals surface area contributed by atoms with E-state index >= 15 is 0 Å². The third-order valence-corrected chi connectivity index (χ3v) is 8.38. The van der Waals surface area contributed by atoms with Crippen molar-refractivity contribution in [3.8, 4) is 11.5 Å². The van der Waals surface area contributed by atoms with E-state index in [0.29, 0.717) is 11.5 Å². The largest absolute Gasteiger partial charge is 0.462 e. The summed E-state index contributed by atoms with van der Waals surface area (Å²) in [5, 5.41) is 7.89. The van der Waals surface area contributed by atoms with Gasteiger partial charge in [0.05, 0.1) is 6.54 Å². The first kappa shape index (κ1) is 36.2. The van der Waals surface area contributed by atoms with Crippen LogP contribution in [0.3, 0.4) is 0 Å². The minimum Gasteiger partial charge on any atom is -0.462 e. The second-order valence-corrected chi connectivity index (χ2v) is 12.7. The molecular weight excluding hydrogens is 614 g/mol. The molecule has 0 spiro atoms. The lowest BCUT2D eigenvalue weighted by Crippen LogP contribution is -2.55. The maximum Gasteiger partial charge on any atom is 0.328 e. The Labute approximate surface area is 282 Å². The number of benzene rings is 2. The van der Waals surface area contributed by atoms with Crippen molar-refractivity contribution in [2.45, 2.75) is 102 Å². The first-order valence-corrected chi connectivity index (χ1v) is 16.9. The summed E-state index contributed by atoms with van der Waals surface area (Å²) in [5.74, 6) is -1.71. The summed E-state index contributed by atoms with van der Waals surface area (Å²) in [4.78, 5) is 64.2. The van der Waals surface area contributed by atoms with Gasteiger partial charge in [-0.15, -0.1) is 0 Å². The van der Waals surface area contributed by atoms with Gasteiger partial charge >= 0.3 is 11.9 Å². The molecule has 0 bridgehead atoms. The van der Waals surface area contributed by atoms with Gasteiger partial charge in [0.25, 0.3) is 0 Å². The number of hydrogen-bond acceptors (Lipinski definition) is 8. The highest BCUT2D eigenvalue weighted by molar-refractivity contribution is 5.96. The van der Waals surface area contributed by atoms with Gasteiger partial charge < -0.3 is 30.2 Å². The number of amides is 3. The molecule has 258 valence electrons. The van der Waals surface area contributed by atoms with Crippen molar-refractivity contribution in [2.75, 3.05) is 6.54 Å². The van der Waals surface area contributed by atoms with Crippen LogP contribution in [0.5, 0.6) is 11.5 Å². The quantitative estimate of drug-likeness (QED) is 0.168. The molecule has 2 fully saturated rings. The fourth-order valence-corrected chi connectivity index (χ4v) is 5.74. The molecule has 0 radical (unpaired) electrons. The van der Waals surface area contributed by atoms with Gasteiger partial charge in [-0.25, -0.2) is 4.79 Å². The van der Waals surface area contributed by atoms with Gasteiger partial charge in [-0.1, -0.05) is 44.2 Å². The number of nitrogens with one attached hydrogen (secondary N) is 3. The fourth-order valence-electron chi connectivity index (χ4n) is 5.74. The summed E-state index contributed by atoms with van der Waals surface area (Å²) in [6.07, 6.45) is 9.72. The van der Waals surface area contributed by atoms with Crippen molar-refractivity contribution in [3.05, 3.63) is 66.2 Å². The third kappa shape index (κ3) is 12.2. The fraction of sp³-hybridized carbons (Fsp3) is 0.486. The highest BCUT2D eigenvalue weighted by atomic mass is 16.5. The number of esters is 2. The zero-order valence-electron chi connectivity index (χ0n) is 27.8. The molecule has 48 heavy (non-hydrogen) atoms. The zero-order valence-corrected chi connectivity index (χ0v) is 27.8. The van der Waals surface area contributed by atoms with Gasteiger partial charge in [0.2, 0.25) is 17.7 Å². The number of carbonyl (C=O) groups excluding carboxylic acids is 5. The predicted octanol–water partition coefficient (Wildman–Crippen LogP) is 4.99. The first-order valence-electron chi connectivity index (χ1n) is 16.9. The molecule has 2 atom stereocenters. The van der Waals surface area contributed by atoms with Gasteiger partial charge in [0.1, 0.15) is 35.8 Å². The Morgan fingerprint density at radius 1 is 0.812 bits per heavy atom.